The molecule has 3 heterocycles. The zero-order valence-corrected chi connectivity index (χ0v) is 17.2. The average molecular weight is 413 g/mol. The Kier molecular flexibility index (Phi) is 5.39. The Morgan fingerprint density at radius 3 is 2.87 bits per heavy atom. The van der Waals surface area contributed by atoms with Crippen molar-refractivity contribution in [3.05, 3.63) is 72.1 Å². The molecule has 1 unspecified atom stereocenters. The minimum atomic E-state index is 0.135. The van der Waals surface area contributed by atoms with E-state index in [0.29, 0.717) is 18.4 Å². The molecule has 3 N–H and O–H groups in total. The largest absolute Gasteiger partial charge is 0.378 e. The van der Waals surface area contributed by atoms with Gasteiger partial charge in [-0.15, -0.1) is 0 Å². The van der Waals surface area contributed by atoms with Crippen LogP contribution in [-0.2, 0) is 4.74 Å². The second-order valence-electron chi connectivity index (χ2n) is 7.41. The second kappa shape index (κ2) is 8.63. The molecular weight excluding hydrogens is 390 g/mol. The quantitative estimate of drug-likeness (QED) is 0.454. The Hall–Kier alpha value is -3.62. The summed E-state index contributed by atoms with van der Waals surface area (Å²) in [6.45, 7) is 4.24. The first-order valence-electron chi connectivity index (χ1n) is 10.3. The van der Waals surface area contributed by atoms with E-state index in [4.69, 9.17) is 4.74 Å². The molecule has 0 saturated carbocycles. The highest BCUT2D eigenvalue weighted by Gasteiger charge is 2.18. The van der Waals surface area contributed by atoms with Gasteiger partial charge in [0.25, 0.3) is 0 Å². The van der Waals surface area contributed by atoms with Gasteiger partial charge in [-0.1, -0.05) is 36.4 Å². The van der Waals surface area contributed by atoms with Crippen LogP contribution < -0.4 is 16.0 Å². The van der Waals surface area contributed by atoms with Crippen LogP contribution in [0.5, 0.6) is 0 Å². The van der Waals surface area contributed by atoms with Crippen molar-refractivity contribution in [1.29, 1.82) is 0 Å². The van der Waals surface area contributed by atoms with Crippen molar-refractivity contribution in [3.63, 3.8) is 0 Å². The standard InChI is InChI=1S/C23H23N7O/c1-15-5-4-7-17-19(13-26-30-22(15)17)27-21-9-10-25-23(29-21)28-18-8-3-2-6-16(18)20-14-31-12-11-24-20/h2-10,13,20,24H,11-12,14H2,1H3,(H2,25,27,28,29,30). The third-order valence-corrected chi connectivity index (χ3v) is 5.30. The number of nitrogens with one attached hydrogen (secondary N) is 3. The molecule has 2 aromatic heterocycles. The normalized spacial score (nSPS) is 16.2. The third kappa shape index (κ3) is 4.16. The summed E-state index contributed by atoms with van der Waals surface area (Å²) in [5.41, 5.74) is 4.88. The molecule has 1 aliphatic rings. The number of morpholine rings is 1. The van der Waals surface area contributed by atoms with Gasteiger partial charge in [-0.2, -0.15) is 15.2 Å². The Balaban J connectivity index is 1.41. The number of ether oxygens (including phenoxy) is 1. The number of para-hydroxylation sites is 1. The van der Waals surface area contributed by atoms with Gasteiger partial charge in [0.05, 0.1) is 36.7 Å². The van der Waals surface area contributed by atoms with E-state index in [2.05, 4.69) is 42.2 Å². The van der Waals surface area contributed by atoms with Gasteiger partial charge in [0.1, 0.15) is 5.82 Å². The Morgan fingerprint density at radius 1 is 1.03 bits per heavy atom. The molecule has 0 radical (unpaired) electrons. The van der Waals surface area contributed by atoms with Crippen molar-refractivity contribution in [3.8, 4) is 0 Å². The molecule has 1 atom stereocenters. The van der Waals surface area contributed by atoms with Crippen LogP contribution in [0.1, 0.15) is 17.2 Å². The van der Waals surface area contributed by atoms with E-state index in [1.54, 1.807) is 12.4 Å². The summed E-state index contributed by atoms with van der Waals surface area (Å²) >= 11 is 0. The fraction of sp³-hybridized carbons (Fsp3) is 0.217. The van der Waals surface area contributed by atoms with Crippen molar-refractivity contribution < 1.29 is 4.74 Å². The highest BCUT2D eigenvalue weighted by molar-refractivity contribution is 5.93. The third-order valence-electron chi connectivity index (χ3n) is 5.30. The average Bonchev–Trinajstić information content (AvgIpc) is 2.81. The molecule has 0 aliphatic carbocycles. The molecule has 1 aliphatic heterocycles. The molecule has 5 rings (SSSR count). The number of rotatable bonds is 5. The zero-order valence-electron chi connectivity index (χ0n) is 17.2. The Morgan fingerprint density at radius 2 is 1.97 bits per heavy atom. The van der Waals surface area contributed by atoms with Gasteiger partial charge in [-0.05, 0) is 30.2 Å². The summed E-state index contributed by atoms with van der Waals surface area (Å²) in [4.78, 5) is 9.04. The van der Waals surface area contributed by atoms with Crippen molar-refractivity contribution in [2.24, 2.45) is 0 Å². The van der Waals surface area contributed by atoms with E-state index < -0.39 is 0 Å². The lowest BCUT2D eigenvalue weighted by Gasteiger charge is -2.26. The van der Waals surface area contributed by atoms with Gasteiger partial charge in [0, 0.05) is 23.8 Å². The van der Waals surface area contributed by atoms with Gasteiger partial charge in [0.15, 0.2) is 0 Å². The number of nitrogens with zero attached hydrogens (tertiary/aromatic N) is 4. The van der Waals surface area contributed by atoms with Crippen LogP contribution in [0, 0.1) is 6.92 Å². The summed E-state index contributed by atoms with van der Waals surface area (Å²) < 4.78 is 5.63. The predicted molar refractivity (Wildman–Crippen MR) is 121 cm³/mol. The lowest BCUT2D eigenvalue weighted by Crippen LogP contribution is -2.34. The van der Waals surface area contributed by atoms with E-state index in [9.17, 15) is 0 Å². The molecule has 8 nitrogen and oxygen atoms in total. The fourth-order valence-electron chi connectivity index (χ4n) is 3.75. The summed E-state index contributed by atoms with van der Waals surface area (Å²) in [7, 11) is 0. The minimum Gasteiger partial charge on any atom is -0.378 e. The highest BCUT2D eigenvalue weighted by atomic mass is 16.5. The molecule has 31 heavy (non-hydrogen) atoms. The van der Waals surface area contributed by atoms with Crippen LogP contribution in [0.3, 0.4) is 0 Å². The lowest BCUT2D eigenvalue weighted by atomic mass is 10.0. The zero-order chi connectivity index (χ0) is 21.0. The van der Waals surface area contributed by atoms with Crippen molar-refractivity contribution >= 4 is 34.0 Å². The molecule has 4 aromatic rings. The second-order valence-corrected chi connectivity index (χ2v) is 7.41. The van der Waals surface area contributed by atoms with Crippen LogP contribution >= 0.6 is 0 Å². The van der Waals surface area contributed by atoms with Gasteiger partial charge in [0.2, 0.25) is 5.95 Å². The maximum Gasteiger partial charge on any atom is 0.229 e. The number of hydrogen-bond donors (Lipinski definition) is 3. The lowest BCUT2D eigenvalue weighted by molar-refractivity contribution is 0.0771. The summed E-state index contributed by atoms with van der Waals surface area (Å²) in [6, 6.07) is 16.2. The molecule has 156 valence electrons. The fourth-order valence-corrected chi connectivity index (χ4v) is 3.75. The van der Waals surface area contributed by atoms with Gasteiger partial charge < -0.3 is 20.7 Å². The molecule has 8 heteroatoms. The number of anilines is 4. The first-order valence-corrected chi connectivity index (χ1v) is 10.3. The van der Waals surface area contributed by atoms with Crippen LogP contribution in [0.15, 0.2) is 60.9 Å². The van der Waals surface area contributed by atoms with Gasteiger partial charge >= 0.3 is 0 Å². The number of benzene rings is 2. The summed E-state index contributed by atoms with van der Waals surface area (Å²) in [5.74, 6) is 1.18. The monoisotopic (exact) mass is 413 g/mol. The Bertz CT molecular complexity index is 1210. The summed E-state index contributed by atoms with van der Waals surface area (Å²) in [5, 5.41) is 19.6. The first kappa shape index (κ1) is 19.3. The first-order chi connectivity index (χ1) is 15.3. The van der Waals surface area contributed by atoms with E-state index in [0.717, 1.165) is 46.6 Å². The molecule has 1 fully saturated rings. The molecule has 0 amide bonds. The topological polar surface area (TPSA) is 96.9 Å². The molecule has 0 spiro atoms. The van der Waals surface area contributed by atoms with Crippen LogP contribution in [0.25, 0.3) is 10.9 Å². The number of aromatic nitrogens is 4. The maximum absolute atomic E-state index is 5.63. The van der Waals surface area contributed by atoms with E-state index in [-0.39, 0.29) is 6.04 Å². The van der Waals surface area contributed by atoms with Crippen LogP contribution in [-0.4, -0.2) is 39.9 Å². The van der Waals surface area contributed by atoms with Crippen molar-refractivity contribution in [2.75, 3.05) is 30.4 Å². The van der Waals surface area contributed by atoms with Crippen molar-refractivity contribution in [2.45, 2.75) is 13.0 Å². The smallest absolute Gasteiger partial charge is 0.229 e. The number of fused-ring (bicyclic) bond motifs is 1. The van der Waals surface area contributed by atoms with E-state index in [1.807, 2.05) is 49.4 Å². The molecule has 2 aromatic carbocycles. The molecular formula is C23H23N7O. The highest BCUT2D eigenvalue weighted by Crippen LogP contribution is 2.28. The Labute approximate surface area is 180 Å². The minimum absolute atomic E-state index is 0.135. The van der Waals surface area contributed by atoms with Gasteiger partial charge in [-0.25, -0.2) is 4.98 Å². The van der Waals surface area contributed by atoms with E-state index >= 15 is 0 Å². The SMILES string of the molecule is Cc1cccc2c(Nc3ccnc(Nc4ccccc4C4COCCN4)n3)cnnc12. The number of hydrogen-bond acceptors (Lipinski definition) is 8. The van der Waals surface area contributed by atoms with Crippen molar-refractivity contribution in [1.82, 2.24) is 25.5 Å². The predicted octanol–water partition coefficient (Wildman–Crippen LogP) is 3.88. The van der Waals surface area contributed by atoms with E-state index in [1.165, 1.54) is 0 Å². The number of aryl methyl sites for hydroxylation is 1. The van der Waals surface area contributed by atoms with Crippen LogP contribution in [0.4, 0.5) is 23.1 Å². The maximum atomic E-state index is 5.63. The summed E-state index contributed by atoms with van der Waals surface area (Å²) in [6.07, 6.45) is 3.44. The molecule has 0 bridgehead atoms. The van der Waals surface area contributed by atoms with Crippen LogP contribution in [0.2, 0.25) is 0 Å². The molecule has 1 saturated heterocycles. The van der Waals surface area contributed by atoms with Gasteiger partial charge in [-0.3, -0.25) is 0 Å².